The molecule has 3 aromatic heterocycles. The van der Waals surface area contributed by atoms with Crippen molar-refractivity contribution in [2.45, 2.75) is 6.92 Å². The predicted octanol–water partition coefficient (Wildman–Crippen LogP) is 0.705. The molecule has 0 unspecified atom stereocenters. The highest BCUT2D eigenvalue weighted by molar-refractivity contribution is 5.96. The van der Waals surface area contributed by atoms with Gasteiger partial charge in [-0.25, -0.2) is 9.59 Å². The van der Waals surface area contributed by atoms with Crippen LogP contribution in [-0.2, 0) is 9.47 Å². The highest BCUT2D eigenvalue weighted by Crippen LogP contribution is 2.17. The lowest BCUT2D eigenvalue weighted by Gasteiger charge is -2.11. The van der Waals surface area contributed by atoms with Gasteiger partial charge in [0.25, 0.3) is 11.3 Å². The van der Waals surface area contributed by atoms with Crippen molar-refractivity contribution in [1.82, 2.24) is 29.4 Å². The van der Waals surface area contributed by atoms with Gasteiger partial charge in [-0.15, -0.1) is 15.3 Å². The number of nitrogens with zero attached hydrogens (tertiary/aromatic N) is 6. The topological polar surface area (TPSA) is 131 Å². The van der Waals surface area contributed by atoms with Crippen LogP contribution in [0.4, 0.5) is 0 Å². The van der Waals surface area contributed by atoms with Crippen LogP contribution in [0.25, 0.3) is 22.5 Å². The summed E-state index contributed by atoms with van der Waals surface area (Å²) in [5.74, 6) is -0.562. The summed E-state index contributed by atoms with van der Waals surface area (Å²) in [6.45, 7) is 1.70. The number of pyridine rings is 1. The van der Waals surface area contributed by atoms with Crippen molar-refractivity contribution in [2.75, 3.05) is 14.2 Å². The number of ether oxygens (including phenoxy) is 2. The van der Waals surface area contributed by atoms with E-state index in [0.29, 0.717) is 11.3 Å². The number of hydrogen-bond acceptors (Lipinski definition) is 9. The summed E-state index contributed by atoms with van der Waals surface area (Å²) in [6, 6.07) is 5.80. The first-order valence-electron chi connectivity index (χ1n) is 8.36. The Hall–Kier alpha value is -4.15. The van der Waals surface area contributed by atoms with Crippen LogP contribution < -0.4 is 5.56 Å². The Bertz CT molecular complexity index is 1320. The maximum Gasteiger partial charge on any atom is 0.337 e. The minimum absolute atomic E-state index is 0.0491. The normalized spacial score (nSPS) is 11.0. The predicted molar refractivity (Wildman–Crippen MR) is 99.1 cm³/mol. The third kappa shape index (κ3) is 2.98. The highest BCUT2D eigenvalue weighted by atomic mass is 16.5. The van der Waals surface area contributed by atoms with Crippen molar-refractivity contribution in [3.63, 3.8) is 0 Å². The molecular formula is C18H14N6O5. The Kier molecular flexibility index (Phi) is 4.26. The molecule has 0 N–H and O–H groups in total. The summed E-state index contributed by atoms with van der Waals surface area (Å²) in [5.41, 5.74) is 0.401. The molecule has 0 aliphatic heterocycles. The average Bonchev–Trinajstić information content (AvgIpc) is 3.13. The van der Waals surface area contributed by atoms with E-state index in [2.05, 4.69) is 20.3 Å². The molecule has 0 bridgehead atoms. The number of methoxy groups -OCH3 is 2. The average molecular weight is 394 g/mol. The molecular weight excluding hydrogens is 380 g/mol. The first kappa shape index (κ1) is 18.2. The standard InChI is InChI=1S/C18H14N6O5/c1-9-19-18-21-20-14-13(24(18)22-9)4-5-23(15(14)25)12-7-10(16(26)28-2)6-11(8-12)17(27)29-3/h4-8H,1-3H3. The molecule has 146 valence electrons. The molecule has 11 heteroatoms. The lowest BCUT2D eigenvalue weighted by atomic mass is 10.1. The number of benzene rings is 1. The third-order valence-electron chi connectivity index (χ3n) is 4.25. The van der Waals surface area contributed by atoms with E-state index in [9.17, 15) is 14.4 Å². The van der Waals surface area contributed by atoms with Gasteiger partial charge in [-0.05, 0) is 31.2 Å². The largest absolute Gasteiger partial charge is 0.465 e. The van der Waals surface area contributed by atoms with Gasteiger partial charge in [0.2, 0.25) is 0 Å². The van der Waals surface area contributed by atoms with E-state index in [4.69, 9.17) is 9.47 Å². The summed E-state index contributed by atoms with van der Waals surface area (Å²) >= 11 is 0. The number of esters is 2. The molecule has 0 amide bonds. The number of hydrogen-bond donors (Lipinski definition) is 0. The molecule has 29 heavy (non-hydrogen) atoms. The summed E-state index contributed by atoms with van der Waals surface area (Å²) in [6.07, 6.45) is 1.49. The minimum Gasteiger partial charge on any atom is -0.465 e. The zero-order chi connectivity index (χ0) is 20.7. The zero-order valence-corrected chi connectivity index (χ0v) is 15.6. The highest BCUT2D eigenvalue weighted by Gasteiger charge is 2.17. The Balaban J connectivity index is 1.97. The Morgan fingerprint density at radius 2 is 1.66 bits per heavy atom. The maximum absolute atomic E-state index is 13.0. The second-order valence-corrected chi connectivity index (χ2v) is 6.05. The first-order valence-corrected chi connectivity index (χ1v) is 8.36. The van der Waals surface area contributed by atoms with Gasteiger partial charge < -0.3 is 9.47 Å². The molecule has 0 aliphatic carbocycles. The fraction of sp³-hybridized carbons (Fsp3) is 0.167. The van der Waals surface area contributed by atoms with E-state index in [1.165, 1.54) is 47.7 Å². The van der Waals surface area contributed by atoms with Crippen LogP contribution in [0.3, 0.4) is 0 Å². The van der Waals surface area contributed by atoms with E-state index in [1.54, 1.807) is 13.0 Å². The summed E-state index contributed by atoms with van der Waals surface area (Å²) in [4.78, 5) is 41.2. The van der Waals surface area contributed by atoms with Gasteiger partial charge in [0.1, 0.15) is 11.3 Å². The van der Waals surface area contributed by atoms with Crippen LogP contribution in [-0.4, -0.2) is 55.5 Å². The molecule has 0 radical (unpaired) electrons. The smallest absolute Gasteiger partial charge is 0.337 e. The monoisotopic (exact) mass is 394 g/mol. The van der Waals surface area contributed by atoms with Crippen molar-refractivity contribution >= 4 is 28.7 Å². The van der Waals surface area contributed by atoms with E-state index in [0.717, 1.165) is 0 Å². The first-order chi connectivity index (χ1) is 13.9. The molecule has 3 heterocycles. The molecule has 4 rings (SSSR count). The molecule has 0 fully saturated rings. The number of aromatic nitrogens is 6. The Morgan fingerprint density at radius 1 is 1.00 bits per heavy atom. The van der Waals surface area contributed by atoms with E-state index >= 15 is 0 Å². The summed E-state index contributed by atoms with van der Waals surface area (Å²) in [7, 11) is 2.44. The minimum atomic E-state index is -0.662. The van der Waals surface area contributed by atoms with Crippen molar-refractivity contribution in [3.05, 3.63) is 57.8 Å². The number of carbonyl (C=O) groups is 2. The lowest BCUT2D eigenvalue weighted by molar-refractivity contribution is 0.0599. The van der Waals surface area contributed by atoms with Gasteiger partial charge in [-0.3, -0.25) is 9.36 Å². The van der Waals surface area contributed by atoms with Crippen LogP contribution in [0, 0.1) is 6.92 Å². The van der Waals surface area contributed by atoms with Crippen LogP contribution in [0.2, 0.25) is 0 Å². The van der Waals surface area contributed by atoms with Gasteiger partial charge >= 0.3 is 11.9 Å². The number of carbonyl (C=O) groups excluding carboxylic acids is 2. The number of aryl methyl sites for hydroxylation is 1. The van der Waals surface area contributed by atoms with Gasteiger partial charge in [0, 0.05) is 6.20 Å². The molecule has 0 aliphatic rings. The van der Waals surface area contributed by atoms with Gasteiger partial charge in [0.05, 0.1) is 31.0 Å². The van der Waals surface area contributed by atoms with Crippen molar-refractivity contribution < 1.29 is 19.1 Å². The second kappa shape index (κ2) is 6.78. The fourth-order valence-electron chi connectivity index (χ4n) is 2.93. The van der Waals surface area contributed by atoms with Crippen LogP contribution >= 0.6 is 0 Å². The molecule has 0 saturated heterocycles. The van der Waals surface area contributed by atoms with Crippen LogP contribution in [0.1, 0.15) is 26.5 Å². The quantitative estimate of drug-likeness (QED) is 0.461. The molecule has 0 spiro atoms. The van der Waals surface area contributed by atoms with E-state index in [-0.39, 0.29) is 28.1 Å². The maximum atomic E-state index is 13.0. The van der Waals surface area contributed by atoms with E-state index in [1.807, 2.05) is 0 Å². The van der Waals surface area contributed by atoms with Gasteiger partial charge in [0.15, 0.2) is 5.52 Å². The van der Waals surface area contributed by atoms with E-state index < -0.39 is 17.5 Å². The zero-order valence-electron chi connectivity index (χ0n) is 15.6. The Morgan fingerprint density at radius 3 is 2.28 bits per heavy atom. The van der Waals surface area contributed by atoms with Crippen LogP contribution in [0.15, 0.2) is 35.3 Å². The van der Waals surface area contributed by atoms with Gasteiger partial charge in [-0.1, -0.05) is 0 Å². The van der Waals surface area contributed by atoms with Gasteiger partial charge in [-0.2, -0.15) is 9.50 Å². The van der Waals surface area contributed by atoms with Crippen molar-refractivity contribution in [2.24, 2.45) is 0 Å². The fourth-order valence-corrected chi connectivity index (χ4v) is 2.93. The SMILES string of the molecule is COC(=O)c1cc(C(=O)OC)cc(-n2ccc3c(nnc4nc(C)nn43)c2=O)c1. The molecule has 11 nitrogen and oxygen atoms in total. The van der Waals surface area contributed by atoms with Crippen molar-refractivity contribution in [1.29, 1.82) is 0 Å². The summed E-state index contributed by atoms with van der Waals surface area (Å²) < 4.78 is 12.1. The third-order valence-corrected chi connectivity index (χ3v) is 4.25. The van der Waals surface area contributed by atoms with Crippen LogP contribution in [0.5, 0.6) is 0 Å². The second-order valence-electron chi connectivity index (χ2n) is 6.05. The molecule has 0 atom stereocenters. The number of rotatable bonds is 3. The number of fused-ring (bicyclic) bond motifs is 3. The molecule has 4 aromatic rings. The van der Waals surface area contributed by atoms with Crippen molar-refractivity contribution in [3.8, 4) is 5.69 Å². The summed E-state index contributed by atoms with van der Waals surface area (Å²) in [5, 5.41) is 12.1. The molecule has 0 saturated carbocycles. The lowest BCUT2D eigenvalue weighted by Crippen LogP contribution is -2.21. The molecule has 1 aromatic carbocycles. The Labute approximate surface area is 162 Å².